The standard InChI is InChI=1S/C20H28N3O2.C8H3F4O.Nb/c1-15(2)12-18(24)23-10-7-20(8-11-23)13-19(25)22(3)14-16(20)17-6-4-5-9-21-17;9-7-2-1-6(8(10,11)12)3-5(7)4-13;/h4-6,9,12,15-16H,7-8,10-11,13-14H2,1-3H3;1-3H;/q2*-1;+2. The summed E-state index contributed by atoms with van der Waals surface area (Å²) in [5.74, 6) is -0.181. The van der Waals surface area contributed by atoms with Gasteiger partial charge in [-0.05, 0) is 36.0 Å². The maximum atomic E-state index is 12.5. The molecule has 2 aliphatic heterocycles. The van der Waals surface area contributed by atoms with Crippen molar-refractivity contribution in [1.82, 2.24) is 14.8 Å². The molecule has 2 aromatic rings. The van der Waals surface area contributed by atoms with Crippen LogP contribution in [0.25, 0.3) is 0 Å². The molecule has 0 aliphatic carbocycles. The van der Waals surface area contributed by atoms with Gasteiger partial charge in [0.25, 0.3) is 0 Å². The zero-order valence-electron chi connectivity index (χ0n) is 22.0. The molecule has 3 heterocycles. The molecule has 0 N–H and O–H groups in total. The second-order valence-electron chi connectivity index (χ2n) is 10.2. The van der Waals surface area contributed by atoms with Gasteiger partial charge in [-0.3, -0.25) is 14.2 Å². The van der Waals surface area contributed by atoms with Crippen molar-refractivity contribution in [3.05, 3.63) is 71.7 Å². The number of carbonyl (C=O) groups is 2. The Kier molecular flexibility index (Phi) is 11.3. The van der Waals surface area contributed by atoms with E-state index in [0.717, 1.165) is 37.9 Å². The van der Waals surface area contributed by atoms with Gasteiger partial charge in [-0.1, -0.05) is 32.0 Å². The summed E-state index contributed by atoms with van der Waals surface area (Å²) in [5.41, 5.74) is -0.788. The number of pyridine rings is 1. The average molecular weight is 626 g/mol. The number of hydrogen-bond acceptors (Lipinski definition) is 4. The molecule has 0 saturated carbocycles. The van der Waals surface area contributed by atoms with Gasteiger partial charge < -0.3 is 25.8 Å². The zero-order valence-corrected chi connectivity index (χ0v) is 24.2. The molecule has 2 aliphatic rings. The smallest absolute Gasteiger partial charge is 0.376 e. The normalized spacial score (nSPS) is 18.7. The van der Waals surface area contributed by atoms with E-state index in [-0.39, 0.29) is 51.4 Å². The van der Waals surface area contributed by atoms with E-state index < -0.39 is 23.1 Å². The molecule has 2 fully saturated rings. The number of likely N-dealkylation sites (N-methyl/N-ethyl adjacent to an activating group) is 1. The van der Waals surface area contributed by atoms with E-state index in [9.17, 15) is 31.9 Å². The van der Waals surface area contributed by atoms with Gasteiger partial charge in [0.15, 0.2) is 0 Å². The van der Waals surface area contributed by atoms with Gasteiger partial charge in [0.2, 0.25) is 5.91 Å². The number of nitrogens with zero attached hydrogens (tertiary/aromatic N) is 3. The van der Waals surface area contributed by atoms with Crippen molar-refractivity contribution in [1.29, 1.82) is 0 Å². The largest absolute Gasteiger partial charge is 2.00 e. The number of aromatic nitrogens is 1. The Balaban J connectivity index is 0.000000324. The third-order valence-corrected chi connectivity index (χ3v) is 7.12. The predicted molar refractivity (Wildman–Crippen MR) is 133 cm³/mol. The van der Waals surface area contributed by atoms with Gasteiger partial charge in [-0.25, -0.2) is 0 Å². The van der Waals surface area contributed by atoms with E-state index in [1.54, 1.807) is 6.42 Å². The number of benzene rings is 1. The van der Waals surface area contributed by atoms with E-state index in [1.165, 1.54) is 0 Å². The molecule has 1 unspecified atom stereocenters. The van der Waals surface area contributed by atoms with Crippen molar-refractivity contribution in [3.8, 4) is 0 Å². The van der Waals surface area contributed by atoms with Crippen LogP contribution in [0, 0.1) is 23.6 Å². The third-order valence-electron chi connectivity index (χ3n) is 7.12. The summed E-state index contributed by atoms with van der Waals surface area (Å²) in [5, 5.41) is 0. The molecule has 0 bridgehead atoms. The van der Waals surface area contributed by atoms with Crippen LogP contribution in [0.1, 0.15) is 55.8 Å². The van der Waals surface area contributed by atoms with Crippen molar-refractivity contribution >= 4 is 18.1 Å². The first-order chi connectivity index (χ1) is 17.9. The van der Waals surface area contributed by atoms with Gasteiger partial charge in [-0.15, -0.1) is 11.6 Å². The Hall–Kier alpha value is -2.69. The van der Waals surface area contributed by atoms with Gasteiger partial charge >= 0.3 is 28.6 Å². The second kappa shape index (κ2) is 13.6. The SMILES string of the molecule is CC(C)[CH-]C(=O)N1CCC2(CC1)CC(=O)N(C)CC2c1ccccn1.O=[C-]c1cc(C(F)(F)F)ccc1F.[Nb+2]. The number of halogens is 4. The van der Waals surface area contributed by atoms with Crippen LogP contribution in [0.15, 0.2) is 42.6 Å². The molecule has 2 saturated heterocycles. The summed E-state index contributed by atoms with van der Waals surface area (Å²) in [7, 11) is 1.88. The number of piperidine rings is 2. The van der Waals surface area contributed by atoms with E-state index in [2.05, 4.69) is 11.1 Å². The fourth-order valence-electron chi connectivity index (χ4n) is 4.99. The average Bonchev–Trinajstić information content (AvgIpc) is 2.87. The number of rotatable bonds is 4. The van der Waals surface area contributed by atoms with E-state index >= 15 is 0 Å². The van der Waals surface area contributed by atoms with Crippen molar-refractivity contribution in [2.24, 2.45) is 11.3 Å². The van der Waals surface area contributed by atoms with E-state index in [4.69, 9.17) is 0 Å². The monoisotopic (exact) mass is 626 g/mol. The van der Waals surface area contributed by atoms with Crippen LogP contribution in [0.3, 0.4) is 0 Å². The van der Waals surface area contributed by atoms with Crippen LogP contribution in [0.5, 0.6) is 0 Å². The Bertz CT molecular complexity index is 1140. The molecule has 11 heteroatoms. The first kappa shape index (κ1) is 32.5. The summed E-state index contributed by atoms with van der Waals surface area (Å²) in [6.45, 7) is 6.21. The topological polar surface area (TPSA) is 70.6 Å². The quantitative estimate of drug-likeness (QED) is 0.278. The van der Waals surface area contributed by atoms with Crippen LogP contribution < -0.4 is 0 Å². The van der Waals surface area contributed by atoms with Gasteiger partial charge in [0.05, 0.1) is 12.2 Å². The minimum Gasteiger partial charge on any atom is -0.376 e. The molecule has 1 spiro atoms. The van der Waals surface area contributed by atoms with E-state index in [1.807, 2.05) is 49.0 Å². The Morgan fingerprint density at radius 3 is 2.38 bits per heavy atom. The molecule has 209 valence electrons. The maximum absolute atomic E-state index is 12.5. The second-order valence-corrected chi connectivity index (χ2v) is 10.2. The van der Waals surface area contributed by atoms with Crippen molar-refractivity contribution in [2.75, 3.05) is 26.7 Å². The summed E-state index contributed by atoms with van der Waals surface area (Å²) < 4.78 is 48.5. The molecular formula is C28H31F4N3NbO3. The fraction of sp³-hybridized carbons (Fsp3) is 0.464. The van der Waals surface area contributed by atoms with Crippen LogP contribution in [-0.4, -0.2) is 59.6 Å². The number of alkyl halides is 3. The molecule has 4 rings (SSSR count). The number of amides is 2. The first-order valence-electron chi connectivity index (χ1n) is 12.4. The molecule has 1 radical (unpaired) electrons. The zero-order chi connectivity index (χ0) is 28.1. The van der Waals surface area contributed by atoms with Gasteiger partial charge in [0.1, 0.15) is 0 Å². The molecule has 39 heavy (non-hydrogen) atoms. The minimum absolute atomic E-state index is 0. The summed E-state index contributed by atoms with van der Waals surface area (Å²) in [4.78, 5) is 43.1. The van der Waals surface area contributed by atoms with Crippen LogP contribution in [-0.2, 0) is 42.9 Å². The van der Waals surface area contributed by atoms with Crippen LogP contribution in [0.2, 0.25) is 0 Å². The first-order valence-corrected chi connectivity index (χ1v) is 12.4. The maximum Gasteiger partial charge on any atom is 2.00 e. The molecule has 1 atom stereocenters. The Morgan fingerprint density at radius 1 is 1.18 bits per heavy atom. The molecule has 1 aromatic carbocycles. The number of carbonyl (C=O) groups excluding carboxylic acids is 3. The van der Waals surface area contributed by atoms with Crippen molar-refractivity contribution in [3.63, 3.8) is 0 Å². The summed E-state index contributed by atoms with van der Waals surface area (Å²) >= 11 is 0. The minimum atomic E-state index is -4.57. The van der Waals surface area contributed by atoms with E-state index in [0.29, 0.717) is 31.2 Å². The number of likely N-dealkylation sites (tertiary alicyclic amines) is 2. The third kappa shape index (κ3) is 8.16. The number of hydrogen-bond donors (Lipinski definition) is 0. The van der Waals surface area contributed by atoms with Gasteiger partial charge in [-0.2, -0.15) is 19.1 Å². The van der Waals surface area contributed by atoms with Crippen LogP contribution in [0.4, 0.5) is 17.6 Å². The predicted octanol–water partition coefficient (Wildman–Crippen LogP) is 4.80. The Labute approximate surface area is 241 Å². The van der Waals surface area contributed by atoms with Crippen molar-refractivity contribution in [2.45, 2.75) is 45.2 Å². The molecular weight excluding hydrogens is 595 g/mol. The Morgan fingerprint density at radius 2 is 1.85 bits per heavy atom. The van der Waals surface area contributed by atoms with Gasteiger partial charge in [0, 0.05) is 56.7 Å². The molecule has 2 amide bonds. The molecule has 6 nitrogen and oxygen atoms in total. The molecule has 1 aromatic heterocycles. The summed E-state index contributed by atoms with van der Waals surface area (Å²) in [6, 6.07) is 7.58. The summed E-state index contributed by atoms with van der Waals surface area (Å²) in [6.07, 6.45) is 2.42. The fourth-order valence-corrected chi connectivity index (χ4v) is 4.99. The van der Waals surface area contributed by atoms with Crippen LogP contribution >= 0.6 is 0 Å². The van der Waals surface area contributed by atoms with Crippen molar-refractivity contribution < 1.29 is 54.3 Å².